The number of benzene rings is 2. The van der Waals surface area contributed by atoms with Crippen molar-refractivity contribution >= 4 is 32.9 Å². The zero-order chi connectivity index (χ0) is 22.8. The Morgan fingerprint density at radius 3 is 2.73 bits per heavy atom. The van der Waals surface area contributed by atoms with Gasteiger partial charge in [0.25, 0.3) is 5.24 Å². The molecular formula is C25H21N3O4S. The van der Waals surface area contributed by atoms with Gasteiger partial charge in [-0.2, -0.15) is 0 Å². The van der Waals surface area contributed by atoms with Crippen LogP contribution < -0.4 is 10.1 Å². The average Bonchev–Trinajstić information content (AvgIpc) is 3.36. The van der Waals surface area contributed by atoms with Crippen molar-refractivity contribution in [2.24, 2.45) is 0 Å². The summed E-state index contributed by atoms with van der Waals surface area (Å²) in [6.45, 7) is 2.34. The van der Waals surface area contributed by atoms with Gasteiger partial charge in [-0.3, -0.25) is 14.6 Å². The molecule has 1 amide bonds. The molecule has 5 rings (SSSR count). The minimum Gasteiger partial charge on any atom is -0.492 e. The van der Waals surface area contributed by atoms with Gasteiger partial charge in [0.2, 0.25) is 11.0 Å². The first kappa shape index (κ1) is 21.2. The van der Waals surface area contributed by atoms with Gasteiger partial charge >= 0.3 is 0 Å². The molecule has 2 aromatic heterocycles. The summed E-state index contributed by atoms with van der Waals surface area (Å²) < 4.78 is 11.9. The van der Waals surface area contributed by atoms with E-state index in [1.54, 1.807) is 12.4 Å². The molecule has 166 valence electrons. The second kappa shape index (κ2) is 9.07. The number of carbonyl (C=O) groups is 2. The molecule has 0 saturated carbocycles. The van der Waals surface area contributed by atoms with E-state index in [0.717, 1.165) is 45.1 Å². The number of rotatable bonds is 7. The molecule has 8 heteroatoms. The molecule has 1 aliphatic heterocycles. The summed E-state index contributed by atoms with van der Waals surface area (Å²) in [5, 5.41) is 4.08. The molecule has 0 radical (unpaired) electrons. The Morgan fingerprint density at radius 2 is 1.94 bits per heavy atom. The number of oxazole rings is 1. The Morgan fingerprint density at radius 1 is 1.09 bits per heavy atom. The summed E-state index contributed by atoms with van der Waals surface area (Å²) in [5.41, 5.74) is 2.76. The number of nitrogens with one attached hydrogen (secondary N) is 1. The number of hydrogen-bond acceptors (Lipinski definition) is 7. The summed E-state index contributed by atoms with van der Waals surface area (Å²) in [7, 11) is 0. The Bertz CT molecular complexity index is 1340. The van der Waals surface area contributed by atoms with E-state index in [1.807, 2.05) is 55.5 Å². The van der Waals surface area contributed by atoms with Crippen LogP contribution in [0.1, 0.15) is 17.0 Å². The molecular weight excluding hydrogens is 438 g/mol. The Labute approximate surface area is 194 Å². The van der Waals surface area contributed by atoms with Gasteiger partial charge < -0.3 is 14.5 Å². The van der Waals surface area contributed by atoms with Crippen LogP contribution in [0.5, 0.6) is 5.75 Å². The van der Waals surface area contributed by atoms with Crippen LogP contribution in [0.25, 0.3) is 22.2 Å². The van der Waals surface area contributed by atoms with Crippen LogP contribution in [0.2, 0.25) is 0 Å². The first-order valence-corrected chi connectivity index (χ1v) is 11.4. The van der Waals surface area contributed by atoms with Crippen molar-refractivity contribution in [3.05, 3.63) is 77.9 Å². The van der Waals surface area contributed by atoms with Gasteiger partial charge in [-0.25, -0.2) is 4.98 Å². The summed E-state index contributed by atoms with van der Waals surface area (Å²) in [6.07, 6.45) is 4.50. The highest BCUT2D eigenvalue weighted by atomic mass is 32.2. The first-order chi connectivity index (χ1) is 16.1. The highest BCUT2D eigenvalue weighted by Crippen LogP contribution is 2.30. The van der Waals surface area contributed by atoms with Crippen LogP contribution in [0.3, 0.4) is 0 Å². The maximum atomic E-state index is 12.0. The van der Waals surface area contributed by atoms with Crippen molar-refractivity contribution in [3.8, 4) is 17.2 Å². The van der Waals surface area contributed by atoms with Gasteiger partial charge in [-0.15, -0.1) is 0 Å². The van der Waals surface area contributed by atoms with Gasteiger partial charge in [0.1, 0.15) is 17.6 Å². The number of ether oxygens (including phenoxy) is 1. The molecule has 1 atom stereocenters. The fourth-order valence-electron chi connectivity index (χ4n) is 3.90. The number of thioether (sulfide) groups is 1. The van der Waals surface area contributed by atoms with Gasteiger partial charge in [-0.05, 0) is 42.1 Å². The number of aryl methyl sites for hydroxylation is 1. The van der Waals surface area contributed by atoms with E-state index in [4.69, 9.17) is 9.15 Å². The van der Waals surface area contributed by atoms with E-state index in [0.29, 0.717) is 31.1 Å². The van der Waals surface area contributed by atoms with Crippen molar-refractivity contribution in [2.75, 3.05) is 6.61 Å². The van der Waals surface area contributed by atoms with Crippen molar-refractivity contribution in [2.45, 2.75) is 25.8 Å². The molecule has 4 aromatic rings. The predicted octanol–water partition coefficient (Wildman–Crippen LogP) is 4.71. The van der Waals surface area contributed by atoms with Crippen LogP contribution in [0.4, 0.5) is 4.79 Å². The van der Waals surface area contributed by atoms with Gasteiger partial charge in [-0.1, -0.05) is 24.3 Å². The lowest BCUT2D eigenvalue weighted by Gasteiger charge is -2.14. The molecule has 0 bridgehead atoms. The molecule has 0 spiro atoms. The van der Waals surface area contributed by atoms with Gasteiger partial charge in [0.05, 0.1) is 12.3 Å². The van der Waals surface area contributed by atoms with Gasteiger partial charge in [0.15, 0.2) is 0 Å². The van der Waals surface area contributed by atoms with E-state index in [-0.39, 0.29) is 10.4 Å². The Hall–Kier alpha value is -3.65. The molecule has 1 fully saturated rings. The van der Waals surface area contributed by atoms with E-state index in [2.05, 4.69) is 15.3 Å². The maximum Gasteiger partial charge on any atom is 0.287 e. The van der Waals surface area contributed by atoms with E-state index >= 15 is 0 Å². The number of carbonyl (C=O) groups excluding carboxylic acids is 2. The third-order valence-corrected chi connectivity index (χ3v) is 6.36. The van der Waals surface area contributed by atoms with E-state index in [1.165, 1.54) is 0 Å². The van der Waals surface area contributed by atoms with E-state index in [9.17, 15) is 9.59 Å². The summed E-state index contributed by atoms with van der Waals surface area (Å²) in [6, 6.07) is 15.0. The minimum absolute atomic E-state index is 0.152. The van der Waals surface area contributed by atoms with Crippen LogP contribution >= 0.6 is 11.8 Å². The monoisotopic (exact) mass is 459 g/mol. The molecule has 1 saturated heterocycles. The first-order valence-electron chi connectivity index (χ1n) is 10.6. The number of nitrogens with zero attached hydrogens (tertiary/aromatic N) is 2. The SMILES string of the molecule is Cc1oc(-c2ccccc2)nc1CCOc1ccc(CC2NC(=O)SC2=O)c2ccncc12. The molecule has 33 heavy (non-hydrogen) atoms. The van der Waals surface area contributed by atoms with Crippen LogP contribution in [-0.2, 0) is 17.6 Å². The number of hydrogen-bond donors (Lipinski definition) is 1. The van der Waals surface area contributed by atoms with Crippen LogP contribution in [0.15, 0.2) is 65.3 Å². The maximum absolute atomic E-state index is 12.0. The lowest BCUT2D eigenvalue weighted by Crippen LogP contribution is -2.30. The fraction of sp³-hybridized carbons (Fsp3) is 0.200. The third-order valence-electron chi connectivity index (χ3n) is 5.57. The highest BCUT2D eigenvalue weighted by Gasteiger charge is 2.31. The Balaban J connectivity index is 1.31. The summed E-state index contributed by atoms with van der Waals surface area (Å²) in [5.74, 6) is 2.09. The van der Waals surface area contributed by atoms with Crippen LogP contribution in [-0.4, -0.2) is 33.0 Å². The smallest absolute Gasteiger partial charge is 0.287 e. The largest absolute Gasteiger partial charge is 0.492 e. The second-order valence-electron chi connectivity index (χ2n) is 7.74. The lowest BCUT2D eigenvalue weighted by atomic mass is 10.00. The van der Waals surface area contributed by atoms with Crippen LogP contribution in [0, 0.1) is 6.92 Å². The zero-order valence-corrected chi connectivity index (χ0v) is 18.7. The van der Waals surface area contributed by atoms with Crippen molar-refractivity contribution in [1.29, 1.82) is 0 Å². The quantitative estimate of drug-likeness (QED) is 0.428. The number of fused-ring (bicyclic) bond motifs is 1. The predicted molar refractivity (Wildman–Crippen MR) is 126 cm³/mol. The zero-order valence-electron chi connectivity index (χ0n) is 17.9. The second-order valence-corrected chi connectivity index (χ2v) is 8.72. The minimum atomic E-state index is -0.514. The van der Waals surface area contributed by atoms with E-state index < -0.39 is 6.04 Å². The van der Waals surface area contributed by atoms with Crippen molar-refractivity contribution in [3.63, 3.8) is 0 Å². The standard InChI is InChI=1S/C25H21N3O4S/c1-15-20(27-23(32-15)16-5-3-2-4-6-16)10-12-31-22-8-7-17(18-9-11-26-14-19(18)22)13-21-24(29)33-25(30)28-21/h2-9,11,14,21H,10,12-13H2,1H3,(H,28,30). The Kier molecular flexibility index (Phi) is 5.83. The van der Waals surface area contributed by atoms with Crippen molar-refractivity contribution < 1.29 is 18.7 Å². The molecule has 1 N–H and O–H groups in total. The van der Waals surface area contributed by atoms with Crippen molar-refractivity contribution in [1.82, 2.24) is 15.3 Å². The highest BCUT2D eigenvalue weighted by molar-refractivity contribution is 8.26. The third kappa shape index (κ3) is 4.47. The topological polar surface area (TPSA) is 94.3 Å². The number of amides is 1. The number of pyridine rings is 1. The normalized spacial score (nSPS) is 15.7. The molecule has 1 aliphatic rings. The molecule has 1 unspecified atom stereocenters. The van der Waals surface area contributed by atoms with Gasteiger partial charge in [0, 0.05) is 47.9 Å². The molecule has 2 aromatic carbocycles. The fourth-order valence-corrected chi connectivity index (χ4v) is 4.57. The molecule has 7 nitrogen and oxygen atoms in total. The summed E-state index contributed by atoms with van der Waals surface area (Å²) in [4.78, 5) is 32.4. The molecule has 0 aliphatic carbocycles. The lowest BCUT2D eigenvalue weighted by molar-refractivity contribution is -0.112. The number of aromatic nitrogens is 2. The molecule has 3 heterocycles. The average molecular weight is 460 g/mol. The summed E-state index contributed by atoms with van der Waals surface area (Å²) >= 11 is 0.727.